The molecule has 11 N–H and O–H groups in total. The second kappa shape index (κ2) is 24.5. The van der Waals surface area contributed by atoms with E-state index in [1.165, 1.54) is 38.5 Å². The average Bonchev–Trinajstić information content (AvgIpc) is 1.56. The number of piperidine rings is 3. The van der Waals surface area contributed by atoms with Crippen LogP contribution in [0.5, 0.6) is 28.7 Å². The summed E-state index contributed by atoms with van der Waals surface area (Å²) >= 11 is 0. The lowest BCUT2D eigenvalue weighted by Crippen LogP contribution is -2.80. The van der Waals surface area contributed by atoms with Crippen molar-refractivity contribution in [3.05, 3.63) is 69.8 Å². The molecule has 18 rings (SSSR count). The Morgan fingerprint density at radius 1 is 0.535 bits per heavy atom. The number of carboxylic acids is 3. The summed E-state index contributed by atoms with van der Waals surface area (Å²) in [5, 5.41) is 97.1. The zero-order valence-electron chi connectivity index (χ0n) is 57.6. The highest BCUT2D eigenvalue weighted by atomic mass is 16.5. The average molecular weight is 1380 g/mol. The van der Waals surface area contributed by atoms with Gasteiger partial charge in [-0.25, -0.2) is 4.79 Å². The first kappa shape index (κ1) is 69.3. The number of aromatic hydroxyl groups is 2. The van der Waals surface area contributed by atoms with Crippen molar-refractivity contribution < 1.29 is 107 Å². The van der Waals surface area contributed by atoms with Crippen molar-refractivity contribution in [1.82, 2.24) is 5.32 Å². The highest BCUT2D eigenvalue weighted by Crippen LogP contribution is 2.70. The van der Waals surface area contributed by atoms with E-state index >= 15 is 0 Å². The number of aliphatic hydroxyl groups is 4. The molecule has 0 radical (unpaired) electrons. The maximum Gasteiger partial charge on any atom is 0.326 e. The second-order valence-electron chi connectivity index (χ2n) is 32.8. The van der Waals surface area contributed by atoms with Crippen molar-refractivity contribution >= 4 is 47.2 Å². The summed E-state index contributed by atoms with van der Waals surface area (Å²) < 4.78 is 21.1. The van der Waals surface area contributed by atoms with Gasteiger partial charge in [-0.3, -0.25) is 24.0 Å². The van der Waals surface area contributed by atoms with Gasteiger partial charge in [-0.1, -0.05) is 18.2 Å². The van der Waals surface area contributed by atoms with Crippen LogP contribution in [-0.4, -0.2) is 241 Å². The molecule has 3 spiro atoms. The molecule has 9 fully saturated rings. The van der Waals surface area contributed by atoms with Crippen LogP contribution in [0, 0.1) is 17.8 Å². The summed E-state index contributed by atoms with van der Waals surface area (Å²) in [6, 6.07) is 9.86. The number of likely N-dealkylation sites (N-methyl/N-ethyl adjacent to an activating group) is 4. The summed E-state index contributed by atoms with van der Waals surface area (Å²) in [4.78, 5) is 81.8. The van der Waals surface area contributed by atoms with E-state index in [0.717, 1.165) is 131 Å². The predicted molar refractivity (Wildman–Crippen MR) is 357 cm³/mol. The molecule has 0 aromatic heterocycles. The lowest BCUT2D eigenvalue weighted by atomic mass is 9.48. The van der Waals surface area contributed by atoms with Crippen LogP contribution in [0.2, 0.25) is 0 Å². The number of carbonyl (C=O) groups is 7. The third kappa shape index (κ3) is 10.4. The maximum absolute atomic E-state index is 13.2. The molecule has 3 saturated heterocycles. The van der Waals surface area contributed by atoms with Crippen LogP contribution in [0.4, 0.5) is 5.69 Å². The number of phenols is 2. The van der Waals surface area contributed by atoms with Crippen LogP contribution in [0.15, 0.2) is 36.4 Å². The third-order valence-electron chi connectivity index (χ3n) is 27.3. The number of ether oxygens (including phenoxy) is 3. The van der Waals surface area contributed by atoms with Gasteiger partial charge in [0.25, 0.3) is 0 Å². The summed E-state index contributed by atoms with van der Waals surface area (Å²) in [7, 11) is 9.50. The number of rotatable bonds is 17. The van der Waals surface area contributed by atoms with Crippen LogP contribution in [0.25, 0.3) is 0 Å². The molecule has 9 aliphatic carbocycles. The van der Waals surface area contributed by atoms with Crippen LogP contribution in [-0.2, 0) is 69.1 Å². The van der Waals surface area contributed by atoms with E-state index in [1.54, 1.807) is 25.2 Å². The van der Waals surface area contributed by atoms with Crippen LogP contribution < -0.4 is 24.8 Å². The Morgan fingerprint density at radius 2 is 0.879 bits per heavy atom. The van der Waals surface area contributed by atoms with Crippen LogP contribution in [0.1, 0.15) is 155 Å². The van der Waals surface area contributed by atoms with E-state index in [0.29, 0.717) is 86.5 Å². The zero-order valence-corrected chi connectivity index (χ0v) is 57.6. The molecule has 15 aliphatic rings. The highest BCUT2D eigenvalue weighted by molar-refractivity contribution is 5.92. The van der Waals surface area contributed by atoms with Crippen molar-refractivity contribution in [3.63, 3.8) is 0 Å². The predicted octanol–water partition coefficient (Wildman–Crippen LogP) is 4.28. The Labute approximate surface area is 576 Å². The molecule has 6 saturated carbocycles. The second-order valence-corrected chi connectivity index (χ2v) is 32.8. The van der Waals surface area contributed by atoms with Gasteiger partial charge in [0.05, 0.1) is 88.4 Å². The smallest absolute Gasteiger partial charge is 0.326 e. The lowest BCUT2D eigenvalue weighted by molar-refractivity contribution is -0.950. The van der Waals surface area contributed by atoms with Crippen molar-refractivity contribution in [2.45, 2.75) is 223 Å². The van der Waals surface area contributed by atoms with E-state index in [2.05, 4.69) is 31.8 Å². The fourth-order valence-electron chi connectivity index (χ4n) is 22.2. The largest absolute Gasteiger partial charge is 0.504 e. The number of nitrogens with one attached hydrogen (secondary N) is 2. The van der Waals surface area contributed by atoms with Crippen molar-refractivity contribution in [2.24, 2.45) is 17.8 Å². The molecule has 17 atom stereocenters. The molecular formula is C75H100N5O19+3. The monoisotopic (exact) mass is 1370 g/mol. The van der Waals surface area contributed by atoms with Gasteiger partial charge in [0.2, 0.25) is 0 Å². The summed E-state index contributed by atoms with van der Waals surface area (Å²) in [6.45, 7) is 6.10. The van der Waals surface area contributed by atoms with Gasteiger partial charge in [-0.2, -0.15) is 0 Å². The van der Waals surface area contributed by atoms with Crippen LogP contribution in [0.3, 0.4) is 0 Å². The number of likely N-dealkylation sites (tertiary alicyclic amines) is 3. The van der Waals surface area contributed by atoms with Gasteiger partial charge < -0.3 is 89.0 Å². The minimum atomic E-state index is -1.15. The van der Waals surface area contributed by atoms with E-state index in [1.807, 2.05) is 18.2 Å². The van der Waals surface area contributed by atoms with E-state index in [9.17, 15) is 64.2 Å². The first-order chi connectivity index (χ1) is 47.1. The minimum absolute atomic E-state index is 0.0117. The Bertz CT molecular complexity index is 3700. The molecule has 99 heavy (non-hydrogen) atoms. The number of quaternary nitrogens is 3. The number of aliphatic hydroxyl groups excluding tert-OH is 1. The summed E-state index contributed by atoms with van der Waals surface area (Å²) in [5.74, 6) is 0.911. The molecule has 0 amide bonds. The van der Waals surface area contributed by atoms with Gasteiger partial charge >= 0.3 is 17.9 Å². The number of phenolic OH excluding ortho intramolecular Hbond substituents is 2. The number of hydrogen-bond acceptors (Lipinski definition) is 18. The SMILES string of the molecule is CN[C@H](C=O)CCC(=O)O.CO.C[N+]1(CC2CC2)CC[C@]23c4c5ccc(N[C@@H](CCC(=O)O)C(=O)O)c4O[C@H]2C(=O)CC[C@@]3(O)[C@H]1C5.C[N+]1(CC2CC2)CC[C@]23c4c5ccc(O)c4O[C@H]2C(=O)CC[C@@]3(O)[C@H]1C5.C[N+]1(CC2CC2)CC[C@]23c4c5ccc(O)c4O[C@H]2C(=O)CC[C@@]3(O)[C@H]1C5. The molecule has 24 nitrogen and oxygen atoms in total. The minimum Gasteiger partial charge on any atom is -0.504 e. The third-order valence-corrected chi connectivity index (χ3v) is 27.3. The van der Waals surface area contributed by atoms with Crippen molar-refractivity contribution in [3.8, 4) is 28.7 Å². The lowest BCUT2D eigenvalue weighted by Gasteiger charge is -2.64. The number of benzene rings is 3. The molecule has 6 bridgehead atoms. The molecule has 6 aliphatic heterocycles. The van der Waals surface area contributed by atoms with Crippen LogP contribution >= 0.6 is 0 Å². The molecule has 3 unspecified atom stereocenters. The topological polar surface area (TPSA) is 353 Å². The van der Waals surface area contributed by atoms with E-state index in [-0.39, 0.29) is 78.7 Å². The number of aldehydes is 1. The Hall–Kier alpha value is -6.77. The normalized spacial score (nSPS) is 38.3. The number of nitrogens with zero attached hydrogens (tertiary/aromatic N) is 3. The Morgan fingerprint density at radius 3 is 1.21 bits per heavy atom. The standard InChI is InChI=1S/C26H32N2O7.2C21H25NO4.C6H11NO3.CH4O/c1-28(13-14-2-3-14)11-10-25-21-15-4-5-16(27-17(24(32)33)6-7-20(30)31)22(21)35-23(25)18(29)8-9-26(25,34)19(28)12-15;2*1-22(11-12-2-3-12)9-8-20-17-13-4-5-14(23)18(17)26-19(20)15(24)6-7-21(20,25)16(22)10-13;1-7-5(4-8)2-3-6(9)10;1-2/h4-5,14,17,19,23,27,34H,2-3,6-13H2,1H3,(H-,30,31,32,33);2*4-5,12,16,19,25H,2-3,6-11H2,1H3;4-5,7H,2-3H2,1H3,(H,9,10);2H,1H3/p+3/t17-,19+,23-,25-,26+,28?;2*16-,19+,20+,21-,22?;5-;/m0110./s1. The zero-order chi connectivity index (χ0) is 70.5. The molecule has 3 aromatic rings. The number of anilines is 1. The number of carboxylic acid groups (broad SMARTS) is 3. The number of aliphatic carboxylic acids is 3. The van der Waals surface area contributed by atoms with Gasteiger partial charge in [0.15, 0.2) is 58.7 Å². The fourth-order valence-corrected chi connectivity index (χ4v) is 22.2. The maximum atomic E-state index is 13.2. The van der Waals surface area contributed by atoms with Gasteiger partial charge in [-0.05, 0) is 113 Å². The summed E-state index contributed by atoms with van der Waals surface area (Å²) in [6.07, 6.45) is 13.3. The molecular weight excluding hydrogens is 1270 g/mol. The van der Waals surface area contributed by atoms with Gasteiger partial charge in [0, 0.05) is 112 Å². The molecule has 536 valence electrons. The number of carbonyl (C=O) groups excluding carboxylic acids is 4. The fraction of sp³-hybridized carbons (Fsp3) is 0.667. The Kier molecular flexibility index (Phi) is 17.1. The van der Waals surface area contributed by atoms with Crippen molar-refractivity contribution in [2.75, 3.05) is 79.9 Å². The first-order valence-electron chi connectivity index (χ1n) is 36.2. The number of ketones is 3. The molecule has 24 heteroatoms. The van der Waals surface area contributed by atoms with E-state index in [4.69, 9.17) is 29.5 Å². The quantitative estimate of drug-likeness (QED) is 0.0663. The van der Waals surface area contributed by atoms with Gasteiger partial charge in [-0.15, -0.1) is 0 Å². The first-order valence-corrected chi connectivity index (χ1v) is 36.2. The highest BCUT2D eigenvalue weighted by Gasteiger charge is 2.80. The Balaban J connectivity index is 0.000000118. The molecule has 6 heterocycles. The van der Waals surface area contributed by atoms with Crippen molar-refractivity contribution in [1.29, 1.82) is 0 Å². The summed E-state index contributed by atoms with van der Waals surface area (Å²) in [5.41, 5.74) is 1.46. The number of hydrogen-bond donors (Lipinski definition) is 11. The van der Waals surface area contributed by atoms with E-state index < -0.39 is 75.3 Å². The van der Waals surface area contributed by atoms with Gasteiger partial charge in [0.1, 0.15) is 53.0 Å². The molecule has 3 aromatic carbocycles. The number of Topliss-reactive ketones (excluding diaryl/α,β-unsaturated/α-hetero) is 3.